The van der Waals surface area contributed by atoms with Gasteiger partial charge in [-0.1, -0.05) is 29.8 Å². The number of hydrogen-bond donors (Lipinski definition) is 2. The summed E-state index contributed by atoms with van der Waals surface area (Å²) in [6, 6.07) is 15.4. The van der Waals surface area contributed by atoms with Gasteiger partial charge in [0.05, 0.1) is 17.6 Å². The Morgan fingerprint density at radius 2 is 1.79 bits per heavy atom. The minimum absolute atomic E-state index is 0.175. The molecule has 0 spiro atoms. The molecule has 0 aliphatic heterocycles. The standard InChI is InChI=1S/C19H22N2O3/c1-13-7-9-16(10-8-13)24-12-15(23)11-21-18-6-4-3-5-17(18)20-19(21)14(2)22/h3-10,14-15,22-23H,11-12H2,1-2H3/t14-,15+/m0/s1. The first kappa shape index (κ1) is 16.5. The van der Waals surface area contributed by atoms with Gasteiger partial charge in [-0.2, -0.15) is 0 Å². The van der Waals surface area contributed by atoms with E-state index in [1.54, 1.807) is 6.92 Å². The number of rotatable bonds is 6. The Hall–Kier alpha value is -2.37. The molecule has 2 atom stereocenters. The molecule has 0 amide bonds. The Balaban J connectivity index is 1.73. The summed E-state index contributed by atoms with van der Waals surface area (Å²) < 4.78 is 7.49. The predicted molar refractivity (Wildman–Crippen MR) is 93.0 cm³/mol. The lowest BCUT2D eigenvalue weighted by Crippen LogP contribution is -2.25. The summed E-state index contributed by atoms with van der Waals surface area (Å²) >= 11 is 0. The third-order valence-corrected chi connectivity index (χ3v) is 3.91. The highest BCUT2D eigenvalue weighted by molar-refractivity contribution is 5.76. The molecule has 2 N–H and O–H groups in total. The fraction of sp³-hybridized carbons (Fsp3) is 0.316. The second-order valence-electron chi connectivity index (χ2n) is 6.02. The van der Waals surface area contributed by atoms with Gasteiger partial charge < -0.3 is 19.5 Å². The first-order chi connectivity index (χ1) is 11.5. The summed E-state index contributed by atoms with van der Waals surface area (Å²) in [4.78, 5) is 4.45. The number of hydrogen-bond acceptors (Lipinski definition) is 4. The number of imidazole rings is 1. The number of ether oxygens (including phenoxy) is 1. The predicted octanol–water partition coefficient (Wildman–Crippen LogP) is 2.84. The van der Waals surface area contributed by atoms with Crippen molar-refractivity contribution in [3.63, 3.8) is 0 Å². The molecule has 3 aromatic rings. The molecule has 0 unspecified atom stereocenters. The number of aryl methyl sites for hydroxylation is 1. The van der Waals surface area contributed by atoms with Crippen LogP contribution in [0.5, 0.6) is 5.75 Å². The highest BCUT2D eigenvalue weighted by Gasteiger charge is 2.17. The second kappa shape index (κ2) is 7.03. The number of nitrogens with zero attached hydrogens (tertiary/aromatic N) is 2. The van der Waals surface area contributed by atoms with Gasteiger partial charge in [0.25, 0.3) is 0 Å². The normalized spacial score (nSPS) is 13.8. The van der Waals surface area contributed by atoms with Crippen molar-refractivity contribution in [1.29, 1.82) is 0 Å². The van der Waals surface area contributed by atoms with Crippen LogP contribution in [0.4, 0.5) is 0 Å². The van der Waals surface area contributed by atoms with Gasteiger partial charge in [-0.05, 0) is 38.1 Å². The minimum Gasteiger partial charge on any atom is -0.491 e. The molecular weight excluding hydrogens is 304 g/mol. The topological polar surface area (TPSA) is 67.5 Å². The SMILES string of the molecule is Cc1ccc(OC[C@H](O)Cn2c([C@H](C)O)nc3ccccc32)cc1. The smallest absolute Gasteiger partial charge is 0.138 e. The summed E-state index contributed by atoms with van der Waals surface area (Å²) in [5.41, 5.74) is 2.86. The van der Waals surface area contributed by atoms with Crippen LogP contribution in [-0.2, 0) is 6.54 Å². The van der Waals surface area contributed by atoms with E-state index in [0.29, 0.717) is 12.4 Å². The highest BCUT2D eigenvalue weighted by Crippen LogP contribution is 2.21. The molecular formula is C19H22N2O3. The molecule has 0 saturated heterocycles. The molecule has 0 aliphatic rings. The van der Waals surface area contributed by atoms with Gasteiger partial charge in [0.1, 0.15) is 30.4 Å². The van der Waals surface area contributed by atoms with Crippen LogP contribution < -0.4 is 4.74 Å². The number of aromatic nitrogens is 2. The molecule has 1 heterocycles. The average molecular weight is 326 g/mol. The fourth-order valence-corrected chi connectivity index (χ4v) is 2.70. The van der Waals surface area contributed by atoms with Crippen molar-refractivity contribution in [1.82, 2.24) is 9.55 Å². The van der Waals surface area contributed by atoms with Crippen LogP contribution in [0, 0.1) is 6.92 Å². The van der Waals surface area contributed by atoms with Crippen LogP contribution >= 0.6 is 0 Å². The van der Waals surface area contributed by atoms with Gasteiger partial charge in [-0.3, -0.25) is 0 Å². The molecule has 24 heavy (non-hydrogen) atoms. The van der Waals surface area contributed by atoms with Crippen molar-refractivity contribution in [2.75, 3.05) is 6.61 Å². The molecule has 0 radical (unpaired) electrons. The van der Waals surface area contributed by atoms with Gasteiger partial charge in [-0.25, -0.2) is 4.98 Å². The fourth-order valence-electron chi connectivity index (χ4n) is 2.70. The summed E-state index contributed by atoms with van der Waals surface area (Å²) in [5, 5.41) is 20.3. The van der Waals surface area contributed by atoms with Crippen LogP contribution in [0.2, 0.25) is 0 Å². The summed E-state index contributed by atoms with van der Waals surface area (Å²) in [5.74, 6) is 1.27. The van der Waals surface area contributed by atoms with E-state index >= 15 is 0 Å². The Bertz CT molecular complexity index is 809. The quantitative estimate of drug-likeness (QED) is 0.731. The Morgan fingerprint density at radius 1 is 1.08 bits per heavy atom. The average Bonchev–Trinajstić information content (AvgIpc) is 2.93. The number of aliphatic hydroxyl groups excluding tert-OH is 2. The van der Waals surface area contributed by atoms with Crippen LogP contribution in [0.3, 0.4) is 0 Å². The number of para-hydroxylation sites is 2. The van der Waals surface area contributed by atoms with Gasteiger partial charge >= 0.3 is 0 Å². The lowest BCUT2D eigenvalue weighted by atomic mass is 10.2. The van der Waals surface area contributed by atoms with Crippen molar-refractivity contribution >= 4 is 11.0 Å². The molecule has 0 bridgehead atoms. The molecule has 0 aliphatic carbocycles. The minimum atomic E-state index is -0.707. The van der Waals surface area contributed by atoms with Crippen LogP contribution in [0.1, 0.15) is 24.4 Å². The zero-order chi connectivity index (χ0) is 17.1. The van der Waals surface area contributed by atoms with Crippen LogP contribution in [-0.4, -0.2) is 32.5 Å². The van der Waals surface area contributed by atoms with E-state index in [4.69, 9.17) is 4.74 Å². The van der Waals surface area contributed by atoms with E-state index in [1.165, 1.54) is 0 Å². The van der Waals surface area contributed by atoms with E-state index in [0.717, 1.165) is 22.3 Å². The molecule has 3 rings (SSSR count). The maximum atomic E-state index is 10.3. The number of fused-ring (bicyclic) bond motifs is 1. The third-order valence-electron chi connectivity index (χ3n) is 3.91. The third kappa shape index (κ3) is 3.58. The first-order valence-corrected chi connectivity index (χ1v) is 8.05. The molecule has 5 heteroatoms. The van der Waals surface area contributed by atoms with Crippen molar-refractivity contribution in [3.8, 4) is 5.75 Å². The van der Waals surface area contributed by atoms with E-state index in [9.17, 15) is 10.2 Å². The monoisotopic (exact) mass is 326 g/mol. The van der Waals surface area contributed by atoms with E-state index in [1.807, 2.05) is 60.0 Å². The van der Waals surface area contributed by atoms with Gasteiger partial charge in [0.2, 0.25) is 0 Å². The number of aliphatic hydroxyl groups is 2. The van der Waals surface area contributed by atoms with E-state index in [-0.39, 0.29) is 6.61 Å². The summed E-state index contributed by atoms with van der Waals surface area (Å²) in [6.45, 7) is 4.18. The van der Waals surface area contributed by atoms with E-state index < -0.39 is 12.2 Å². The lowest BCUT2D eigenvalue weighted by Gasteiger charge is -2.16. The molecule has 5 nitrogen and oxygen atoms in total. The van der Waals surface area contributed by atoms with Gasteiger partial charge in [0, 0.05) is 0 Å². The molecule has 126 valence electrons. The highest BCUT2D eigenvalue weighted by atomic mass is 16.5. The first-order valence-electron chi connectivity index (χ1n) is 8.05. The molecule has 0 fully saturated rings. The van der Waals surface area contributed by atoms with Crippen LogP contribution in [0.25, 0.3) is 11.0 Å². The zero-order valence-electron chi connectivity index (χ0n) is 13.9. The largest absolute Gasteiger partial charge is 0.491 e. The van der Waals surface area contributed by atoms with Gasteiger partial charge in [-0.15, -0.1) is 0 Å². The summed E-state index contributed by atoms with van der Waals surface area (Å²) in [7, 11) is 0. The Kier molecular flexibility index (Phi) is 4.83. The molecule has 2 aromatic carbocycles. The zero-order valence-corrected chi connectivity index (χ0v) is 13.9. The molecule has 0 saturated carbocycles. The maximum Gasteiger partial charge on any atom is 0.138 e. The van der Waals surface area contributed by atoms with Crippen molar-refractivity contribution in [2.24, 2.45) is 0 Å². The van der Waals surface area contributed by atoms with Crippen molar-refractivity contribution in [3.05, 3.63) is 59.9 Å². The van der Waals surface area contributed by atoms with Crippen LogP contribution in [0.15, 0.2) is 48.5 Å². The van der Waals surface area contributed by atoms with Crippen molar-refractivity contribution < 1.29 is 14.9 Å². The second-order valence-corrected chi connectivity index (χ2v) is 6.02. The van der Waals surface area contributed by atoms with Crippen molar-refractivity contribution in [2.45, 2.75) is 32.6 Å². The Labute approximate surface area is 141 Å². The lowest BCUT2D eigenvalue weighted by molar-refractivity contribution is 0.0895. The Morgan fingerprint density at radius 3 is 2.50 bits per heavy atom. The van der Waals surface area contributed by atoms with E-state index in [2.05, 4.69) is 4.98 Å². The number of benzene rings is 2. The molecule has 1 aromatic heterocycles. The van der Waals surface area contributed by atoms with Gasteiger partial charge in [0.15, 0.2) is 0 Å². The maximum absolute atomic E-state index is 10.3. The summed E-state index contributed by atoms with van der Waals surface area (Å²) in [6.07, 6.45) is -1.41.